The van der Waals surface area contributed by atoms with Gasteiger partial charge in [-0.15, -0.1) is 0 Å². The number of piperidine rings is 1. The Hall–Kier alpha value is -2.25. The van der Waals surface area contributed by atoms with Crippen LogP contribution in [0.5, 0.6) is 0 Å². The van der Waals surface area contributed by atoms with E-state index >= 15 is 0 Å². The zero-order valence-electron chi connectivity index (χ0n) is 15.8. The van der Waals surface area contributed by atoms with E-state index in [0.717, 1.165) is 6.42 Å². The van der Waals surface area contributed by atoms with Gasteiger partial charge in [0.25, 0.3) is 5.91 Å². The molecule has 1 aliphatic heterocycles. The van der Waals surface area contributed by atoms with Gasteiger partial charge in [0.2, 0.25) is 10.0 Å². The molecular formula is C21H25N3O3S. The molecule has 0 unspecified atom stereocenters. The Morgan fingerprint density at radius 1 is 1.11 bits per heavy atom. The zero-order valence-corrected chi connectivity index (χ0v) is 16.6. The fourth-order valence-electron chi connectivity index (χ4n) is 3.96. The largest absolute Gasteiger partial charge is 0.346 e. The lowest BCUT2D eigenvalue weighted by Crippen LogP contribution is -2.56. The van der Waals surface area contributed by atoms with Crippen LogP contribution in [-0.4, -0.2) is 42.2 Å². The van der Waals surface area contributed by atoms with Gasteiger partial charge < -0.3 is 5.32 Å². The first-order valence-electron chi connectivity index (χ1n) is 9.76. The number of hydrogen-bond acceptors (Lipinski definition) is 4. The molecule has 0 bridgehead atoms. The number of carbonyl (C=O) groups is 1. The second-order valence-electron chi connectivity index (χ2n) is 7.84. The molecule has 2 heterocycles. The second-order valence-corrected chi connectivity index (χ2v) is 9.78. The van der Waals surface area contributed by atoms with E-state index < -0.39 is 10.0 Å². The number of pyridine rings is 1. The lowest BCUT2D eigenvalue weighted by molar-refractivity contribution is 0.0837. The highest BCUT2D eigenvalue weighted by molar-refractivity contribution is 7.89. The van der Waals surface area contributed by atoms with E-state index in [2.05, 4.69) is 10.3 Å². The molecule has 1 saturated carbocycles. The van der Waals surface area contributed by atoms with Crippen LogP contribution in [-0.2, 0) is 10.0 Å². The summed E-state index contributed by atoms with van der Waals surface area (Å²) in [5, 5.41) is 3.26. The number of hydrogen-bond donors (Lipinski definition) is 1. The predicted molar refractivity (Wildman–Crippen MR) is 106 cm³/mol. The molecule has 6 nitrogen and oxygen atoms in total. The first kappa shape index (κ1) is 19.1. The van der Waals surface area contributed by atoms with Gasteiger partial charge in [-0.3, -0.25) is 9.78 Å². The van der Waals surface area contributed by atoms with Gasteiger partial charge in [-0.05, 0) is 49.4 Å². The van der Waals surface area contributed by atoms with Gasteiger partial charge >= 0.3 is 0 Å². The lowest BCUT2D eigenvalue weighted by Gasteiger charge is -2.42. The molecular weight excluding hydrogens is 374 g/mol. The minimum absolute atomic E-state index is 0.0789. The third-order valence-corrected chi connectivity index (χ3v) is 7.62. The Balaban J connectivity index is 1.49. The maximum atomic E-state index is 12.9. The molecule has 0 radical (unpaired) electrons. The first-order valence-corrected chi connectivity index (χ1v) is 11.2. The van der Waals surface area contributed by atoms with Gasteiger partial charge in [-0.2, -0.15) is 4.31 Å². The van der Waals surface area contributed by atoms with Crippen molar-refractivity contribution in [1.82, 2.24) is 14.6 Å². The number of rotatable bonds is 6. The van der Waals surface area contributed by atoms with E-state index in [1.54, 1.807) is 18.3 Å². The molecule has 0 spiro atoms. The van der Waals surface area contributed by atoms with Crippen LogP contribution < -0.4 is 5.32 Å². The molecule has 1 aromatic carbocycles. The first-order chi connectivity index (χ1) is 13.5. The highest BCUT2D eigenvalue weighted by atomic mass is 32.2. The van der Waals surface area contributed by atoms with Crippen LogP contribution in [0.15, 0.2) is 59.8 Å². The highest BCUT2D eigenvalue weighted by Crippen LogP contribution is 2.41. The van der Waals surface area contributed by atoms with E-state index in [-0.39, 0.29) is 16.3 Å². The van der Waals surface area contributed by atoms with E-state index in [1.807, 2.05) is 30.3 Å². The topological polar surface area (TPSA) is 79.4 Å². The summed E-state index contributed by atoms with van der Waals surface area (Å²) in [7, 11) is -3.55. The van der Waals surface area contributed by atoms with Crippen molar-refractivity contribution < 1.29 is 13.2 Å². The van der Waals surface area contributed by atoms with Gasteiger partial charge in [0.1, 0.15) is 4.90 Å². The number of benzene rings is 1. The minimum atomic E-state index is -3.55. The quantitative estimate of drug-likeness (QED) is 0.810. The molecule has 1 amide bonds. The van der Waals surface area contributed by atoms with Crippen LogP contribution in [0.2, 0.25) is 0 Å². The summed E-state index contributed by atoms with van der Waals surface area (Å²) in [4.78, 5) is 16.9. The number of sulfonamides is 1. The predicted octanol–water partition coefficient (Wildman–Crippen LogP) is 2.84. The lowest BCUT2D eigenvalue weighted by atomic mass is 9.83. The molecule has 1 aromatic heterocycles. The summed E-state index contributed by atoms with van der Waals surface area (Å²) >= 11 is 0. The number of nitrogens with one attached hydrogen (secondary N) is 1. The SMILES string of the molecule is O=C(NC1(CC2CC2)CCN(S(=O)(=O)c2cccnc2)CC1)c1ccccc1. The Morgan fingerprint density at radius 3 is 2.43 bits per heavy atom. The van der Waals surface area contributed by atoms with Gasteiger partial charge in [-0.1, -0.05) is 31.0 Å². The third-order valence-electron chi connectivity index (χ3n) is 5.74. The summed E-state index contributed by atoms with van der Waals surface area (Å²) in [6, 6.07) is 12.4. The number of aromatic nitrogens is 1. The van der Waals surface area contributed by atoms with Crippen molar-refractivity contribution in [2.45, 2.75) is 42.5 Å². The number of amides is 1. The molecule has 0 atom stereocenters. The molecule has 4 rings (SSSR count). The minimum Gasteiger partial charge on any atom is -0.346 e. The second kappa shape index (κ2) is 7.64. The standard InChI is InChI=1S/C21H25N3O3S/c25-20(18-5-2-1-3-6-18)23-21(15-17-8-9-17)10-13-24(14-11-21)28(26,27)19-7-4-12-22-16-19/h1-7,12,16-17H,8-11,13-15H2,(H,23,25). The Bertz CT molecular complexity index is 920. The Morgan fingerprint density at radius 2 is 1.82 bits per heavy atom. The average Bonchev–Trinajstić information content (AvgIpc) is 3.53. The molecule has 2 aromatic rings. The fourth-order valence-corrected chi connectivity index (χ4v) is 5.37. The van der Waals surface area contributed by atoms with Crippen LogP contribution in [0.4, 0.5) is 0 Å². The van der Waals surface area contributed by atoms with Crippen molar-refractivity contribution in [2.24, 2.45) is 5.92 Å². The normalized spacial score (nSPS) is 19.9. The highest BCUT2D eigenvalue weighted by Gasteiger charge is 2.43. The summed E-state index contributed by atoms with van der Waals surface area (Å²) in [6.45, 7) is 0.804. The Kier molecular flexibility index (Phi) is 5.21. The summed E-state index contributed by atoms with van der Waals surface area (Å²) in [6.07, 6.45) is 7.52. The van der Waals surface area contributed by atoms with Gasteiger partial charge in [0, 0.05) is 36.6 Å². The van der Waals surface area contributed by atoms with Crippen molar-refractivity contribution in [3.8, 4) is 0 Å². The average molecular weight is 400 g/mol. The molecule has 148 valence electrons. The van der Waals surface area contributed by atoms with E-state index in [0.29, 0.717) is 37.4 Å². The zero-order chi connectivity index (χ0) is 19.6. The maximum Gasteiger partial charge on any atom is 0.251 e. The monoisotopic (exact) mass is 399 g/mol. The molecule has 1 N–H and O–H groups in total. The number of nitrogens with zero attached hydrogens (tertiary/aromatic N) is 2. The Labute approximate surface area is 166 Å². The van der Waals surface area contributed by atoms with Crippen LogP contribution >= 0.6 is 0 Å². The molecule has 7 heteroatoms. The van der Waals surface area contributed by atoms with Crippen molar-refractivity contribution in [3.63, 3.8) is 0 Å². The van der Waals surface area contributed by atoms with Crippen LogP contribution in [0.25, 0.3) is 0 Å². The van der Waals surface area contributed by atoms with E-state index in [9.17, 15) is 13.2 Å². The summed E-state index contributed by atoms with van der Waals surface area (Å²) in [5.74, 6) is 0.558. The smallest absolute Gasteiger partial charge is 0.251 e. The molecule has 2 aliphatic rings. The van der Waals surface area contributed by atoms with Crippen LogP contribution in [0.3, 0.4) is 0 Å². The van der Waals surface area contributed by atoms with Crippen molar-refractivity contribution in [2.75, 3.05) is 13.1 Å². The van der Waals surface area contributed by atoms with Crippen molar-refractivity contribution >= 4 is 15.9 Å². The molecule has 1 aliphatic carbocycles. The molecule has 28 heavy (non-hydrogen) atoms. The fraction of sp³-hybridized carbons (Fsp3) is 0.429. The molecule has 2 fully saturated rings. The van der Waals surface area contributed by atoms with Gasteiger partial charge in [0.05, 0.1) is 0 Å². The molecule has 1 saturated heterocycles. The van der Waals surface area contributed by atoms with E-state index in [1.165, 1.54) is 23.3 Å². The number of carbonyl (C=O) groups excluding carboxylic acids is 1. The van der Waals surface area contributed by atoms with Crippen LogP contribution in [0, 0.1) is 5.92 Å². The van der Waals surface area contributed by atoms with Crippen molar-refractivity contribution in [3.05, 3.63) is 60.4 Å². The van der Waals surface area contributed by atoms with E-state index in [4.69, 9.17) is 0 Å². The van der Waals surface area contributed by atoms with Crippen molar-refractivity contribution in [1.29, 1.82) is 0 Å². The third kappa shape index (κ3) is 4.10. The summed E-state index contributed by atoms with van der Waals surface area (Å²) in [5.41, 5.74) is 0.303. The summed E-state index contributed by atoms with van der Waals surface area (Å²) < 4.78 is 27.3. The van der Waals surface area contributed by atoms with Gasteiger partial charge in [0.15, 0.2) is 0 Å². The van der Waals surface area contributed by atoms with Crippen LogP contribution in [0.1, 0.15) is 42.5 Å². The van der Waals surface area contributed by atoms with Gasteiger partial charge in [-0.25, -0.2) is 8.42 Å². The maximum absolute atomic E-state index is 12.9.